The summed E-state index contributed by atoms with van der Waals surface area (Å²) in [6.45, 7) is 1.85. The Labute approximate surface area is 153 Å². The van der Waals surface area contributed by atoms with E-state index in [0.29, 0.717) is 11.3 Å². The van der Waals surface area contributed by atoms with Gasteiger partial charge in [-0.15, -0.1) is 5.10 Å². The van der Waals surface area contributed by atoms with Crippen LogP contribution in [-0.4, -0.2) is 20.2 Å². The van der Waals surface area contributed by atoms with Crippen molar-refractivity contribution in [3.63, 3.8) is 0 Å². The predicted molar refractivity (Wildman–Crippen MR) is 97.6 cm³/mol. The van der Waals surface area contributed by atoms with Crippen LogP contribution >= 0.6 is 0 Å². The Morgan fingerprint density at radius 3 is 2.81 bits per heavy atom. The second-order valence-electron chi connectivity index (χ2n) is 6.45. The van der Waals surface area contributed by atoms with E-state index in [2.05, 4.69) is 32.0 Å². The molecule has 3 aromatic rings. The Hall–Kier alpha value is -3.53. The van der Waals surface area contributed by atoms with Crippen LogP contribution in [0.15, 0.2) is 46.1 Å². The van der Waals surface area contributed by atoms with Gasteiger partial charge in [0.25, 0.3) is 5.56 Å². The van der Waals surface area contributed by atoms with Crippen LogP contribution in [0.1, 0.15) is 29.2 Å². The predicted octanol–water partition coefficient (Wildman–Crippen LogP) is 2.12. The normalized spacial score (nSPS) is 17.9. The average Bonchev–Trinajstić information content (AvgIpc) is 3.41. The number of aromatic nitrogens is 4. The zero-order chi connectivity index (χ0) is 19.0. The van der Waals surface area contributed by atoms with Gasteiger partial charge in [0.15, 0.2) is 0 Å². The highest BCUT2D eigenvalue weighted by atomic mass is 19.1. The molecule has 7 heteroatoms. The van der Waals surface area contributed by atoms with Gasteiger partial charge in [0.1, 0.15) is 11.5 Å². The Bertz CT molecular complexity index is 1200. The van der Waals surface area contributed by atoms with Gasteiger partial charge in [0.05, 0.1) is 16.8 Å². The molecule has 1 fully saturated rings. The topological polar surface area (TPSA) is 91.5 Å². The van der Waals surface area contributed by atoms with Crippen molar-refractivity contribution in [2.24, 2.45) is 5.92 Å². The first kappa shape index (κ1) is 16.9. The van der Waals surface area contributed by atoms with Crippen LogP contribution < -0.4 is 11.2 Å². The molecule has 6 nitrogen and oxygen atoms in total. The molecule has 1 aliphatic carbocycles. The van der Waals surface area contributed by atoms with E-state index in [1.807, 2.05) is 6.92 Å². The second-order valence-corrected chi connectivity index (χ2v) is 6.45. The van der Waals surface area contributed by atoms with Crippen LogP contribution in [0.4, 0.5) is 4.39 Å². The number of H-pyrrole nitrogens is 2. The Morgan fingerprint density at radius 2 is 2.04 bits per heavy atom. The first-order chi connectivity index (χ1) is 13.0. The van der Waals surface area contributed by atoms with Crippen LogP contribution in [0, 0.1) is 30.5 Å². The third-order valence-corrected chi connectivity index (χ3v) is 4.57. The summed E-state index contributed by atoms with van der Waals surface area (Å²) >= 11 is 0. The summed E-state index contributed by atoms with van der Waals surface area (Å²) in [5.74, 6) is 5.96. The van der Waals surface area contributed by atoms with E-state index in [9.17, 15) is 14.0 Å². The third kappa shape index (κ3) is 3.42. The molecule has 1 aromatic carbocycles. The largest absolute Gasteiger partial charge is 0.325 e. The number of rotatable bonds is 2. The summed E-state index contributed by atoms with van der Waals surface area (Å²) in [7, 11) is 0. The Morgan fingerprint density at radius 1 is 1.22 bits per heavy atom. The molecule has 4 rings (SSSR count). The monoisotopic (exact) mass is 362 g/mol. The molecular weight excluding hydrogens is 347 g/mol. The van der Waals surface area contributed by atoms with Crippen LogP contribution in [0.2, 0.25) is 0 Å². The molecule has 0 saturated heterocycles. The molecule has 2 heterocycles. The average molecular weight is 362 g/mol. The highest BCUT2D eigenvalue weighted by Crippen LogP contribution is 2.48. The number of aromatic amines is 2. The fourth-order valence-electron chi connectivity index (χ4n) is 3.01. The first-order valence-electron chi connectivity index (χ1n) is 8.45. The molecule has 0 radical (unpaired) electrons. The van der Waals surface area contributed by atoms with Crippen molar-refractivity contribution in [3.8, 4) is 23.1 Å². The number of nitrogens with zero attached hydrogens (tertiary/aromatic N) is 2. The summed E-state index contributed by atoms with van der Waals surface area (Å²) in [5, 5.41) is 8.21. The highest BCUT2D eigenvalue weighted by Gasteiger charge is 2.38. The number of aryl methyl sites for hydroxylation is 1. The van der Waals surface area contributed by atoms with E-state index < -0.39 is 11.2 Å². The Kier molecular flexibility index (Phi) is 4.16. The molecule has 0 unspecified atom stereocenters. The lowest BCUT2D eigenvalue weighted by atomic mass is 10.1. The minimum atomic E-state index is -0.574. The number of hydrogen-bond donors (Lipinski definition) is 2. The molecule has 1 aliphatic rings. The molecule has 2 N–H and O–H groups in total. The first-order valence-corrected chi connectivity index (χ1v) is 8.45. The minimum absolute atomic E-state index is 0.106. The molecule has 2 aromatic heterocycles. The summed E-state index contributed by atoms with van der Waals surface area (Å²) < 4.78 is 13.7. The smallest absolute Gasteiger partial charge is 0.313 e. The molecule has 0 aliphatic heterocycles. The van der Waals surface area contributed by atoms with E-state index in [-0.39, 0.29) is 23.2 Å². The number of halogens is 1. The van der Waals surface area contributed by atoms with Crippen molar-refractivity contribution in [3.05, 3.63) is 80.0 Å². The van der Waals surface area contributed by atoms with Gasteiger partial charge in [0, 0.05) is 18.0 Å². The van der Waals surface area contributed by atoms with Crippen LogP contribution in [-0.2, 0) is 0 Å². The van der Waals surface area contributed by atoms with Gasteiger partial charge < -0.3 is 4.98 Å². The molecule has 0 bridgehead atoms. The highest BCUT2D eigenvalue weighted by molar-refractivity contribution is 5.58. The van der Waals surface area contributed by atoms with Crippen LogP contribution in [0.25, 0.3) is 11.3 Å². The molecular formula is C20H15FN4O2. The molecule has 0 amide bonds. The second kappa shape index (κ2) is 6.65. The number of benzene rings is 1. The van der Waals surface area contributed by atoms with Crippen molar-refractivity contribution in [1.29, 1.82) is 0 Å². The molecule has 1 saturated carbocycles. The van der Waals surface area contributed by atoms with Gasteiger partial charge in [-0.2, -0.15) is 5.10 Å². The standard InChI is InChI=1S/C20H15FN4O2/c1-11-14(9-18(25-24-11)16-10-22-20(27)23-19(16)26)15-8-13(15)7-6-12-4-2-3-5-17(12)21/h2-5,9-10,13,15H,8H2,1H3,(H2,22,23,26,27)/t13-,15-/m0/s1. The fourth-order valence-corrected chi connectivity index (χ4v) is 3.01. The maximum absolute atomic E-state index is 13.7. The quantitative estimate of drug-likeness (QED) is 0.683. The van der Waals surface area contributed by atoms with Gasteiger partial charge in [0.2, 0.25) is 0 Å². The van der Waals surface area contributed by atoms with Gasteiger partial charge in [-0.1, -0.05) is 24.0 Å². The zero-order valence-corrected chi connectivity index (χ0v) is 14.4. The lowest BCUT2D eigenvalue weighted by Crippen LogP contribution is -2.23. The fraction of sp³-hybridized carbons (Fsp3) is 0.200. The molecule has 134 valence electrons. The van der Waals surface area contributed by atoms with Gasteiger partial charge in [-0.25, -0.2) is 9.18 Å². The van der Waals surface area contributed by atoms with E-state index in [1.165, 1.54) is 12.3 Å². The van der Waals surface area contributed by atoms with E-state index in [0.717, 1.165) is 17.7 Å². The third-order valence-electron chi connectivity index (χ3n) is 4.57. The van der Waals surface area contributed by atoms with Gasteiger partial charge >= 0.3 is 5.69 Å². The zero-order valence-electron chi connectivity index (χ0n) is 14.4. The maximum Gasteiger partial charge on any atom is 0.325 e. The molecule has 2 atom stereocenters. The minimum Gasteiger partial charge on any atom is -0.313 e. The van der Waals surface area contributed by atoms with Crippen LogP contribution in [0.3, 0.4) is 0 Å². The number of nitrogens with one attached hydrogen (secondary N) is 2. The summed E-state index contributed by atoms with van der Waals surface area (Å²) in [6.07, 6.45) is 2.17. The van der Waals surface area contributed by atoms with Gasteiger partial charge in [-0.3, -0.25) is 9.78 Å². The van der Waals surface area contributed by atoms with Gasteiger partial charge in [-0.05, 0) is 37.1 Å². The lowest BCUT2D eigenvalue weighted by Gasteiger charge is -2.05. The van der Waals surface area contributed by atoms with Crippen molar-refractivity contribution in [2.45, 2.75) is 19.3 Å². The van der Waals surface area contributed by atoms with E-state index >= 15 is 0 Å². The number of hydrogen-bond acceptors (Lipinski definition) is 4. The van der Waals surface area contributed by atoms with E-state index in [1.54, 1.807) is 24.3 Å². The summed E-state index contributed by atoms with van der Waals surface area (Å²) in [6, 6.07) is 8.23. The van der Waals surface area contributed by atoms with E-state index in [4.69, 9.17) is 0 Å². The molecule has 0 spiro atoms. The van der Waals surface area contributed by atoms with Crippen molar-refractivity contribution in [1.82, 2.24) is 20.2 Å². The van der Waals surface area contributed by atoms with Crippen molar-refractivity contribution < 1.29 is 4.39 Å². The SMILES string of the molecule is Cc1nnc(-c2c[nH]c(=O)[nH]c2=O)cc1[C@H]1C[C@@H]1C#Cc1ccccc1F. The van der Waals surface area contributed by atoms with Crippen molar-refractivity contribution in [2.75, 3.05) is 0 Å². The summed E-state index contributed by atoms with van der Waals surface area (Å²) in [5.41, 5.74) is 1.65. The summed E-state index contributed by atoms with van der Waals surface area (Å²) in [4.78, 5) is 27.8. The maximum atomic E-state index is 13.7. The molecule has 27 heavy (non-hydrogen) atoms. The van der Waals surface area contributed by atoms with Crippen LogP contribution in [0.5, 0.6) is 0 Å². The Balaban J connectivity index is 1.62. The lowest BCUT2D eigenvalue weighted by molar-refractivity contribution is 0.624. The van der Waals surface area contributed by atoms with Crippen molar-refractivity contribution >= 4 is 0 Å².